The number of nitrogens with zero attached hydrogens (tertiary/aromatic N) is 5. The second-order valence-electron chi connectivity index (χ2n) is 8.61. The summed E-state index contributed by atoms with van der Waals surface area (Å²) in [5.74, 6) is 2.50. The number of aliphatic hydroxyl groups is 1. The number of ether oxygens (including phenoxy) is 1. The zero-order valence-electron chi connectivity index (χ0n) is 20.3. The fourth-order valence-electron chi connectivity index (χ4n) is 3.99. The van der Waals surface area contributed by atoms with Gasteiger partial charge in [0.15, 0.2) is 0 Å². The minimum atomic E-state index is -2.88. The van der Waals surface area contributed by atoms with Crippen LogP contribution in [0, 0.1) is 18.3 Å². The highest BCUT2D eigenvalue weighted by molar-refractivity contribution is 7.15. The monoisotopic (exact) mass is 550 g/mol. The van der Waals surface area contributed by atoms with E-state index in [-0.39, 0.29) is 51.8 Å². The van der Waals surface area contributed by atoms with E-state index in [4.69, 9.17) is 11.2 Å². The van der Waals surface area contributed by atoms with Crippen LogP contribution in [-0.2, 0) is 6.61 Å². The number of hydrogen-bond acceptors (Lipinski definition) is 9. The van der Waals surface area contributed by atoms with Crippen molar-refractivity contribution in [2.45, 2.75) is 25.4 Å². The molecule has 4 heterocycles. The van der Waals surface area contributed by atoms with Crippen molar-refractivity contribution in [3.05, 3.63) is 75.0 Å². The molecule has 1 aliphatic carbocycles. The van der Waals surface area contributed by atoms with Crippen molar-refractivity contribution in [2.24, 2.45) is 5.92 Å². The van der Waals surface area contributed by atoms with E-state index in [9.17, 15) is 23.5 Å². The average Bonchev–Trinajstić information content (AvgIpc) is 3.60. The van der Waals surface area contributed by atoms with Gasteiger partial charge in [-0.1, -0.05) is 11.3 Å². The van der Waals surface area contributed by atoms with Crippen molar-refractivity contribution in [2.75, 3.05) is 12.4 Å². The number of methoxy groups -OCH3 is 1. The number of nitrogens with one attached hydrogen (secondary N) is 1. The first-order valence-electron chi connectivity index (χ1n) is 11.6. The molecule has 39 heavy (non-hydrogen) atoms. The summed E-state index contributed by atoms with van der Waals surface area (Å²) in [5, 5.41) is 21.1. The highest BCUT2D eigenvalue weighted by Crippen LogP contribution is 2.48. The quantitative estimate of drug-likeness (QED) is 0.318. The lowest BCUT2D eigenvalue weighted by molar-refractivity contribution is 0.102. The third kappa shape index (κ3) is 5.25. The van der Waals surface area contributed by atoms with E-state index in [1.807, 2.05) is 0 Å². The number of pyridine rings is 3. The van der Waals surface area contributed by atoms with Gasteiger partial charge in [0, 0.05) is 41.4 Å². The van der Waals surface area contributed by atoms with E-state index in [1.165, 1.54) is 53.6 Å². The average molecular weight is 551 g/mol. The number of rotatable bonds is 8. The minimum Gasteiger partial charge on any atom is -0.494 e. The van der Waals surface area contributed by atoms with Gasteiger partial charge in [0.1, 0.15) is 22.3 Å². The summed E-state index contributed by atoms with van der Waals surface area (Å²) in [6.07, 6.45) is 7.17. The summed E-state index contributed by atoms with van der Waals surface area (Å²) in [4.78, 5) is 34.0. The van der Waals surface area contributed by atoms with Crippen molar-refractivity contribution in [1.82, 2.24) is 24.7 Å². The number of carbonyl (C=O) groups is 1. The Bertz CT molecular complexity index is 1660. The lowest BCUT2D eigenvalue weighted by Crippen LogP contribution is -2.20. The Balaban J connectivity index is 1.59. The molecular formula is C26H20F2N6O4S. The van der Waals surface area contributed by atoms with Gasteiger partial charge >= 0.3 is 0 Å². The minimum absolute atomic E-state index is 0.00756. The Morgan fingerprint density at radius 3 is 2.77 bits per heavy atom. The van der Waals surface area contributed by atoms with E-state index in [2.05, 4.69) is 31.4 Å². The standard InChI is InChI=1S/C26H20F2N6O4S/c1-3-14-7-15(14)25-32-33-26(39-25)31-24(37)18-10-30-21(34-5-4-13(12-35)6-22(34)36)9-16(18)17-8-19(23(27)28)29-11-20(17)38-2/h1,4-6,8-11,14-15,23,35H,7,12H2,2H3,(H,31,33,37)/t14-,15?/m0/s1. The van der Waals surface area contributed by atoms with Gasteiger partial charge in [-0.25, -0.2) is 13.8 Å². The maximum Gasteiger partial charge on any atom is 0.280 e. The molecule has 0 spiro atoms. The highest BCUT2D eigenvalue weighted by Gasteiger charge is 2.39. The predicted octanol–water partition coefficient (Wildman–Crippen LogP) is 3.57. The molecule has 0 aromatic carbocycles. The summed E-state index contributed by atoms with van der Waals surface area (Å²) in [6, 6.07) is 5.30. The molecule has 198 valence electrons. The van der Waals surface area contributed by atoms with E-state index in [0.29, 0.717) is 10.6 Å². The molecule has 1 aliphatic rings. The molecule has 5 rings (SSSR count). The molecular weight excluding hydrogens is 530 g/mol. The number of terminal acetylenes is 1. The van der Waals surface area contributed by atoms with Gasteiger partial charge in [-0.3, -0.25) is 24.5 Å². The number of aliphatic hydroxyl groups excluding tert-OH is 1. The fraction of sp³-hybridized carbons (Fsp3) is 0.231. The summed E-state index contributed by atoms with van der Waals surface area (Å²) in [6.45, 7) is -0.323. The van der Waals surface area contributed by atoms with Crippen LogP contribution in [0.4, 0.5) is 13.9 Å². The Hall–Kier alpha value is -4.54. The first-order valence-corrected chi connectivity index (χ1v) is 12.4. The number of hydrogen-bond donors (Lipinski definition) is 2. The van der Waals surface area contributed by atoms with E-state index in [0.717, 1.165) is 18.7 Å². The molecule has 2 N–H and O–H groups in total. The zero-order valence-corrected chi connectivity index (χ0v) is 21.2. The first kappa shape index (κ1) is 26.1. The number of carbonyl (C=O) groups excluding carboxylic acids is 1. The third-order valence-electron chi connectivity index (χ3n) is 6.15. The lowest BCUT2D eigenvalue weighted by atomic mass is 10.00. The molecule has 1 saturated carbocycles. The van der Waals surface area contributed by atoms with E-state index in [1.54, 1.807) is 0 Å². The summed E-state index contributed by atoms with van der Waals surface area (Å²) >= 11 is 1.20. The van der Waals surface area contributed by atoms with E-state index < -0.39 is 23.6 Å². The topological polar surface area (TPSA) is 132 Å². The Labute approximate surface area is 224 Å². The molecule has 1 amide bonds. The van der Waals surface area contributed by atoms with Gasteiger partial charge in [-0.15, -0.1) is 22.5 Å². The van der Waals surface area contributed by atoms with Gasteiger partial charge in [0.05, 0.1) is 25.5 Å². The second kappa shape index (κ2) is 10.7. The van der Waals surface area contributed by atoms with Crippen molar-refractivity contribution in [3.8, 4) is 35.0 Å². The largest absolute Gasteiger partial charge is 0.494 e. The highest BCUT2D eigenvalue weighted by atomic mass is 32.1. The van der Waals surface area contributed by atoms with Crippen LogP contribution in [0.2, 0.25) is 0 Å². The van der Waals surface area contributed by atoms with Gasteiger partial charge < -0.3 is 9.84 Å². The Kier molecular flexibility index (Phi) is 7.14. The van der Waals surface area contributed by atoms with Gasteiger partial charge in [-0.05, 0) is 30.2 Å². The number of aromatic nitrogens is 5. The van der Waals surface area contributed by atoms with Gasteiger partial charge in [-0.2, -0.15) is 0 Å². The molecule has 1 fully saturated rings. The van der Waals surface area contributed by atoms with Crippen LogP contribution >= 0.6 is 11.3 Å². The normalized spacial score (nSPS) is 16.1. The van der Waals surface area contributed by atoms with Crippen molar-refractivity contribution in [1.29, 1.82) is 0 Å². The second-order valence-corrected chi connectivity index (χ2v) is 9.62. The maximum atomic E-state index is 13.6. The van der Waals surface area contributed by atoms with Crippen molar-refractivity contribution < 1.29 is 23.4 Å². The number of alkyl halides is 2. The lowest BCUT2D eigenvalue weighted by Gasteiger charge is -2.15. The van der Waals surface area contributed by atoms with Crippen LogP contribution in [-0.4, -0.2) is 42.9 Å². The van der Waals surface area contributed by atoms with E-state index >= 15 is 0 Å². The summed E-state index contributed by atoms with van der Waals surface area (Å²) in [5.41, 5.74) is -0.296. The predicted molar refractivity (Wildman–Crippen MR) is 138 cm³/mol. The molecule has 0 aliphatic heterocycles. The van der Waals surface area contributed by atoms with Crippen LogP contribution in [0.1, 0.15) is 45.4 Å². The number of anilines is 1. The third-order valence-corrected chi connectivity index (χ3v) is 7.12. The maximum absolute atomic E-state index is 13.6. The molecule has 13 heteroatoms. The van der Waals surface area contributed by atoms with Crippen LogP contribution in [0.3, 0.4) is 0 Å². The molecule has 2 atom stereocenters. The van der Waals surface area contributed by atoms with Crippen molar-refractivity contribution in [3.63, 3.8) is 0 Å². The SMILES string of the molecule is C#C[C@H]1CC1c1nnc(NC(=O)c2cnc(-n3ccc(CO)cc3=O)cc2-c2cc(C(F)F)ncc2OC)s1. The smallest absolute Gasteiger partial charge is 0.280 e. The molecule has 0 bridgehead atoms. The van der Waals surface area contributed by atoms with Crippen LogP contribution in [0.5, 0.6) is 5.75 Å². The fourth-order valence-corrected chi connectivity index (χ4v) is 4.91. The number of amides is 1. The first-order chi connectivity index (χ1) is 18.8. The summed E-state index contributed by atoms with van der Waals surface area (Å²) in [7, 11) is 1.34. The molecule has 10 nitrogen and oxygen atoms in total. The number of halogens is 2. The molecule has 4 aromatic rings. The van der Waals surface area contributed by atoms with Gasteiger partial charge in [0.25, 0.3) is 17.9 Å². The molecule has 1 unspecified atom stereocenters. The van der Waals surface area contributed by atoms with Crippen LogP contribution < -0.4 is 15.6 Å². The van der Waals surface area contributed by atoms with Crippen molar-refractivity contribution >= 4 is 22.4 Å². The molecule has 0 saturated heterocycles. The molecule has 0 radical (unpaired) electrons. The Morgan fingerprint density at radius 2 is 2.10 bits per heavy atom. The van der Waals surface area contributed by atoms with Crippen LogP contribution in [0.15, 0.2) is 47.7 Å². The molecule has 4 aromatic heterocycles. The Morgan fingerprint density at radius 1 is 1.28 bits per heavy atom. The summed E-state index contributed by atoms with van der Waals surface area (Å²) < 4.78 is 33.7. The zero-order chi connectivity index (χ0) is 27.7. The van der Waals surface area contributed by atoms with Gasteiger partial charge in [0.2, 0.25) is 5.13 Å². The van der Waals surface area contributed by atoms with Crippen LogP contribution in [0.25, 0.3) is 16.9 Å².